The summed E-state index contributed by atoms with van der Waals surface area (Å²) in [6, 6.07) is 11.8. The van der Waals surface area contributed by atoms with Crippen molar-refractivity contribution >= 4 is 23.8 Å². The quantitative estimate of drug-likeness (QED) is 0.0983. The molecule has 3 rings (SSSR count). The minimum absolute atomic E-state index is 0.0577. The van der Waals surface area contributed by atoms with Crippen molar-refractivity contribution in [3.63, 3.8) is 0 Å². The number of nitrogens with zero attached hydrogens (tertiary/aromatic N) is 4. The summed E-state index contributed by atoms with van der Waals surface area (Å²) in [5, 5.41) is 39.5. The molecule has 1 saturated heterocycles. The van der Waals surface area contributed by atoms with Crippen LogP contribution in [0.5, 0.6) is 28.7 Å². The number of nitrogens with one attached hydrogen (secondary N) is 1. The van der Waals surface area contributed by atoms with Gasteiger partial charge < -0.3 is 39.0 Å². The van der Waals surface area contributed by atoms with Gasteiger partial charge in [-0.1, -0.05) is 19.4 Å². The number of nitriles is 1. The largest absolute Gasteiger partial charge is 0.493 e. The summed E-state index contributed by atoms with van der Waals surface area (Å²) in [5.74, 6) is -3.42. The number of piperidine rings is 1. The number of carbonyl (C=O) groups excluding carboxylic acids is 2. The number of aliphatic carboxylic acids is 2. The lowest BCUT2D eigenvalue weighted by atomic mass is 9.74. The lowest BCUT2D eigenvalue weighted by molar-refractivity contribution is -0.964. The summed E-state index contributed by atoms with van der Waals surface area (Å²) in [6.07, 6.45) is 1.18. The Morgan fingerprint density at radius 1 is 0.967 bits per heavy atom. The molecule has 0 saturated carbocycles. The molecule has 20 heteroatoms. The number of carboxylic acids is 2. The fourth-order valence-electron chi connectivity index (χ4n) is 7.09. The molecule has 1 heterocycles. The van der Waals surface area contributed by atoms with Crippen molar-refractivity contribution in [2.75, 3.05) is 68.3 Å². The third kappa shape index (κ3) is 13.8. The van der Waals surface area contributed by atoms with E-state index in [1.165, 1.54) is 7.11 Å². The van der Waals surface area contributed by atoms with E-state index in [4.69, 9.17) is 38.7 Å². The average molecular weight is 861 g/mol. The first kappa shape index (κ1) is 49.5. The van der Waals surface area contributed by atoms with Gasteiger partial charge in [-0.2, -0.15) is 10.1 Å². The number of ether oxygens (including phenoxy) is 5. The van der Waals surface area contributed by atoms with Crippen molar-refractivity contribution in [1.29, 1.82) is 5.26 Å². The third-order valence-electron chi connectivity index (χ3n) is 10.7. The van der Waals surface area contributed by atoms with Gasteiger partial charge in [0, 0.05) is 25.0 Å². The number of hydrogen-bond acceptors (Lipinski definition) is 16. The van der Waals surface area contributed by atoms with Crippen LogP contribution in [0.25, 0.3) is 0 Å². The second-order valence-corrected chi connectivity index (χ2v) is 14.8. The molecule has 0 spiro atoms. The van der Waals surface area contributed by atoms with Crippen molar-refractivity contribution in [1.82, 2.24) is 15.3 Å². The second kappa shape index (κ2) is 23.2. The molecule has 3 unspecified atom stereocenters. The first-order chi connectivity index (χ1) is 29.0. The Morgan fingerprint density at radius 2 is 1.61 bits per heavy atom. The van der Waals surface area contributed by atoms with Crippen LogP contribution in [-0.4, -0.2) is 128 Å². The van der Waals surface area contributed by atoms with Gasteiger partial charge in [-0.25, -0.2) is 14.6 Å². The Hall–Kier alpha value is -5.91. The highest BCUT2D eigenvalue weighted by Gasteiger charge is 2.43. The smallest absolute Gasteiger partial charge is 0.486 e. The molecule has 1 aliphatic heterocycles. The van der Waals surface area contributed by atoms with Gasteiger partial charge in [0.25, 0.3) is 5.91 Å². The zero-order valence-electron chi connectivity index (χ0n) is 35.8. The van der Waals surface area contributed by atoms with Gasteiger partial charge in [-0.05, 0) is 88.0 Å². The number of aliphatic hydroxyl groups is 1. The Kier molecular flexibility index (Phi) is 18.8. The fourth-order valence-corrected chi connectivity index (χ4v) is 7.09. The minimum atomic E-state index is -2.96. The molecule has 3 atom stereocenters. The number of carbonyl (C=O) groups is 4. The molecule has 0 radical (unpaired) electrons. The van der Waals surface area contributed by atoms with Crippen LogP contribution in [0.3, 0.4) is 0 Å². The maximum atomic E-state index is 12.9. The SMILES string of the molecule is CCCC(C#N)(CCCN(C)C(C)c1ccc(OC)c(OCC(=O)NN2CCC(CO[N+](=O)OC(=O)CC(O)(CC(=O)O)C(=O)O)CC2)c1)c1cc(OC)c(OC)c(OC)c1. The predicted octanol–water partition coefficient (Wildman–Crippen LogP) is 3.73. The van der Waals surface area contributed by atoms with E-state index in [1.54, 1.807) is 32.4 Å². The summed E-state index contributed by atoms with van der Waals surface area (Å²) < 4.78 is 28.1. The molecular weight excluding hydrogens is 802 g/mol. The standard InChI is InChI=1S/C41H57N5O15/c1-8-14-40(26-42,30-20-33(56-5)38(58-7)34(21-30)57-6)15-9-16-44(3)27(2)29-10-11-31(55-4)32(19-29)59-25-35(47)43-45-17-12-28(13-18-45)24-60-46(54)61-37(50)23-41(53,39(51)52)22-36(48)49/h10-11,19-21,27-28,53H,8-9,12-18,22-25H2,1-7H3,(H2-,43,47,48,49,51,52)/p+1. The molecule has 1 aliphatic rings. The zero-order valence-corrected chi connectivity index (χ0v) is 35.8. The zero-order chi connectivity index (χ0) is 45.3. The van der Waals surface area contributed by atoms with Gasteiger partial charge >= 0.3 is 23.0 Å². The molecule has 61 heavy (non-hydrogen) atoms. The van der Waals surface area contributed by atoms with Crippen LogP contribution >= 0.6 is 0 Å². The van der Waals surface area contributed by atoms with E-state index < -0.39 is 52.8 Å². The van der Waals surface area contributed by atoms with Crippen molar-refractivity contribution in [3.05, 3.63) is 46.4 Å². The normalized spacial score (nSPS) is 15.5. The number of hydrogen-bond donors (Lipinski definition) is 4. The summed E-state index contributed by atoms with van der Waals surface area (Å²) in [5.41, 5.74) is 0.803. The van der Waals surface area contributed by atoms with Crippen LogP contribution in [0.4, 0.5) is 0 Å². The van der Waals surface area contributed by atoms with Gasteiger partial charge in [-0.3, -0.25) is 19.9 Å². The van der Waals surface area contributed by atoms with Crippen LogP contribution < -0.4 is 29.1 Å². The Labute approximate surface area is 354 Å². The van der Waals surface area contributed by atoms with E-state index in [0.717, 1.165) is 24.0 Å². The maximum Gasteiger partial charge on any atom is 0.486 e. The van der Waals surface area contributed by atoms with E-state index in [9.17, 15) is 34.5 Å². The van der Waals surface area contributed by atoms with Crippen LogP contribution in [0, 0.1) is 22.2 Å². The van der Waals surface area contributed by atoms with Gasteiger partial charge in [0.15, 0.2) is 41.8 Å². The Bertz CT molecular complexity index is 1860. The predicted molar refractivity (Wildman–Crippen MR) is 215 cm³/mol. The van der Waals surface area contributed by atoms with E-state index in [0.29, 0.717) is 74.1 Å². The van der Waals surface area contributed by atoms with Crippen molar-refractivity contribution in [2.45, 2.75) is 82.3 Å². The summed E-state index contributed by atoms with van der Waals surface area (Å²) in [4.78, 5) is 70.2. The number of amides is 1. The van der Waals surface area contributed by atoms with Crippen molar-refractivity contribution in [2.24, 2.45) is 5.92 Å². The molecule has 0 aliphatic carbocycles. The van der Waals surface area contributed by atoms with Gasteiger partial charge in [0.1, 0.15) is 4.91 Å². The number of hydrazine groups is 1. The number of methoxy groups -OCH3 is 4. The highest BCUT2D eigenvalue weighted by molar-refractivity contribution is 5.88. The molecular formula is C41H58N5O15+. The Balaban J connectivity index is 1.51. The lowest BCUT2D eigenvalue weighted by Gasteiger charge is -2.31. The summed E-state index contributed by atoms with van der Waals surface area (Å²) in [7, 11) is 8.16. The van der Waals surface area contributed by atoms with Crippen LogP contribution in [0.2, 0.25) is 0 Å². The van der Waals surface area contributed by atoms with E-state index in [2.05, 4.69) is 35.1 Å². The molecule has 2 aromatic rings. The molecule has 1 amide bonds. The summed E-state index contributed by atoms with van der Waals surface area (Å²) >= 11 is 0. The minimum Gasteiger partial charge on any atom is -0.493 e. The van der Waals surface area contributed by atoms with Crippen molar-refractivity contribution in [3.8, 4) is 34.8 Å². The van der Waals surface area contributed by atoms with Crippen molar-refractivity contribution < 1.29 is 72.9 Å². The van der Waals surface area contributed by atoms with Crippen LogP contribution in [-0.2, 0) is 34.3 Å². The molecule has 20 nitrogen and oxygen atoms in total. The molecule has 2 aromatic carbocycles. The van der Waals surface area contributed by atoms with E-state index in [1.807, 2.05) is 31.3 Å². The average Bonchev–Trinajstić information content (AvgIpc) is 3.23. The maximum absolute atomic E-state index is 12.9. The second-order valence-electron chi connectivity index (χ2n) is 14.8. The van der Waals surface area contributed by atoms with Crippen LogP contribution in [0.1, 0.15) is 82.4 Å². The lowest BCUT2D eigenvalue weighted by Crippen LogP contribution is -2.48. The highest BCUT2D eigenvalue weighted by atomic mass is 17.0. The molecule has 0 bridgehead atoms. The molecule has 4 N–H and O–H groups in total. The van der Waals surface area contributed by atoms with Gasteiger partial charge in [0.05, 0.1) is 52.8 Å². The first-order valence-electron chi connectivity index (χ1n) is 19.7. The molecule has 1 fully saturated rings. The van der Waals surface area contributed by atoms with Gasteiger partial charge in [-0.15, -0.1) is 4.84 Å². The highest BCUT2D eigenvalue weighted by Crippen LogP contribution is 2.44. The van der Waals surface area contributed by atoms with Gasteiger partial charge in [0.2, 0.25) is 5.75 Å². The summed E-state index contributed by atoms with van der Waals surface area (Å²) in [6.45, 7) is 5.13. The molecule has 336 valence electrons. The van der Waals surface area contributed by atoms with E-state index in [-0.39, 0.29) is 25.2 Å². The first-order valence-corrected chi connectivity index (χ1v) is 19.7. The monoisotopic (exact) mass is 860 g/mol. The number of carboxylic acid groups (broad SMARTS) is 2. The van der Waals surface area contributed by atoms with E-state index >= 15 is 0 Å². The number of rotatable bonds is 26. The van der Waals surface area contributed by atoms with Crippen LogP contribution in [0.15, 0.2) is 30.3 Å². The molecule has 0 aromatic heterocycles. The number of benzene rings is 2. The topological polar surface area (TPSA) is 256 Å². The Morgan fingerprint density at radius 3 is 2.15 bits per heavy atom. The third-order valence-corrected chi connectivity index (χ3v) is 10.7. The fraction of sp³-hybridized carbons (Fsp3) is 0.585.